The first-order chi connectivity index (χ1) is 9.81. The lowest BCUT2D eigenvalue weighted by Gasteiger charge is -2.12. The number of rotatable bonds is 7. The van der Waals surface area contributed by atoms with Gasteiger partial charge in [0.05, 0.1) is 10.6 Å². The summed E-state index contributed by atoms with van der Waals surface area (Å²) in [5.41, 5.74) is 0.227. The van der Waals surface area contributed by atoms with E-state index < -0.39 is 27.8 Å². The van der Waals surface area contributed by atoms with Gasteiger partial charge in [0.15, 0.2) is 9.84 Å². The molecule has 21 heavy (non-hydrogen) atoms. The highest BCUT2D eigenvalue weighted by atomic mass is 32.2. The summed E-state index contributed by atoms with van der Waals surface area (Å²) in [5.74, 6) is -1.59. The van der Waals surface area contributed by atoms with Crippen LogP contribution in [0.25, 0.3) is 0 Å². The second-order valence-electron chi connectivity index (χ2n) is 4.62. The lowest BCUT2D eigenvalue weighted by atomic mass is 10.1. The molecule has 1 aromatic rings. The molecule has 0 spiro atoms. The lowest BCUT2D eigenvalue weighted by Crippen LogP contribution is -2.40. The summed E-state index contributed by atoms with van der Waals surface area (Å²) in [6.45, 7) is 3.43. The third-order valence-corrected chi connectivity index (χ3v) is 4.90. The van der Waals surface area contributed by atoms with Gasteiger partial charge in [0, 0.05) is 5.56 Å². The maximum atomic E-state index is 11.9. The Kier molecular flexibility index (Phi) is 5.90. The fraction of sp³-hybridized carbons (Fsp3) is 0.429. The number of aliphatic carboxylic acids is 1. The minimum Gasteiger partial charge on any atom is -0.480 e. The van der Waals surface area contributed by atoms with Crippen molar-refractivity contribution in [3.63, 3.8) is 0 Å². The summed E-state index contributed by atoms with van der Waals surface area (Å²) in [5, 5.41) is 11.3. The lowest BCUT2D eigenvalue weighted by molar-refractivity contribution is -0.139. The Bertz CT molecular complexity index is 607. The van der Waals surface area contributed by atoms with Crippen molar-refractivity contribution in [2.75, 3.05) is 5.75 Å². The number of amides is 1. The first-order valence-corrected chi connectivity index (χ1v) is 8.33. The SMILES string of the molecule is CCCS(=O)(=O)c1ccc(C(=O)NC(CC)C(=O)O)cc1. The summed E-state index contributed by atoms with van der Waals surface area (Å²) < 4.78 is 23.7. The summed E-state index contributed by atoms with van der Waals surface area (Å²) in [6, 6.07) is 4.53. The zero-order valence-corrected chi connectivity index (χ0v) is 12.8. The maximum absolute atomic E-state index is 11.9. The highest BCUT2D eigenvalue weighted by Gasteiger charge is 2.19. The average Bonchev–Trinajstić information content (AvgIpc) is 2.44. The molecule has 1 rings (SSSR count). The van der Waals surface area contributed by atoms with Crippen LogP contribution >= 0.6 is 0 Å². The van der Waals surface area contributed by atoms with E-state index in [4.69, 9.17) is 5.11 Å². The molecular weight excluding hydrogens is 294 g/mol. The van der Waals surface area contributed by atoms with Crippen LogP contribution in [-0.4, -0.2) is 37.2 Å². The highest BCUT2D eigenvalue weighted by Crippen LogP contribution is 2.13. The maximum Gasteiger partial charge on any atom is 0.326 e. The molecule has 0 saturated carbocycles. The van der Waals surface area contributed by atoms with Gasteiger partial charge in [-0.1, -0.05) is 13.8 Å². The van der Waals surface area contributed by atoms with Gasteiger partial charge in [-0.25, -0.2) is 13.2 Å². The predicted octanol–water partition coefficient (Wildman–Crippen LogP) is 1.46. The Labute approximate surface area is 124 Å². The second-order valence-corrected chi connectivity index (χ2v) is 6.72. The third kappa shape index (κ3) is 4.56. The number of carboxylic acids is 1. The van der Waals surface area contributed by atoms with Gasteiger partial charge in [-0.05, 0) is 37.1 Å². The second kappa shape index (κ2) is 7.21. The standard InChI is InChI=1S/C14H19NO5S/c1-3-9-21(19,20)11-7-5-10(6-8-11)13(16)15-12(4-2)14(17)18/h5-8,12H,3-4,9H2,1-2H3,(H,15,16)(H,17,18). The van der Waals surface area contributed by atoms with E-state index in [1.54, 1.807) is 13.8 Å². The number of benzene rings is 1. The van der Waals surface area contributed by atoms with Crippen molar-refractivity contribution in [2.45, 2.75) is 37.6 Å². The fourth-order valence-corrected chi connectivity index (χ4v) is 3.10. The molecule has 1 unspecified atom stereocenters. The normalized spacial score (nSPS) is 12.7. The van der Waals surface area contributed by atoms with E-state index in [2.05, 4.69) is 5.32 Å². The van der Waals surface area contributed by atoms with Crippen LogP contribution in [0.15, 0.2) is 29.2 Å². The first kappa shape index (κ1) is 17.2. The number of nitrogens with one attached hydrogen (secondary N) is 1. The zero-order valence-electron chi connectivity index (χ0n) is 12.0. The summed E-state index contributed by atoms with van der Waals surface area (Å²) in [6.07, 6.45) is 0.783. The predicted molar refractivity (Wildman–Crippen MR) is 78.0 cm³/mol. The zero-order chi connectivity index (χ0) is 16.0. The molecule has 0 heterocycles. The molecule has 6 nitrogen and oxygen atoms in total. The molecule has 0 fully saturated rings. The van der Waals surface area contributed by atoms with Crippen LogP contribution in [0, 0.1) is 0 Å². The van der Waals surface area contributed by atoms with Crippen molar-refractivity contribution in [3.8, 4) is 0 Å². The van der Waals surface area contributed by atoms with Gasteiger partial charge in [-0.15, -0.1) is 0 Å². The van der Waals surface area contributed by atoms with Gasteiger partial charge in [0.25, 0.3) is 5.91 Å². The van der Waals surface area contributed by atoms with E-state index in [9.17, 15) is 18.0 Å². The molecule has 1 aromatic carbocycles. The number of hydrogen-bond donors (Lipinski definition) is 2. The molecule has 0 saturated heterocycles. The smallest absolute Gasteiger partial charge is 0.326 e. The highest BCUT2D eigenvalue weighted by molar-refractivity contribution is 7.91. The molecule has 116 valence electrons. The molecule has 0 aromatic heterocycles. The summed E-state index contributed by atoms with van der Waals surface area (Å²) in [4.78, 5) is 22.9. The van der Waals surface area contributed by atoms with Crippen LogP contribution in [0.1, 0.15) is 37.0 Å². The van der Waals surface area contributed by atoms with Crippen LogP contribution < -0.4 is 5.32 Å². The summed E-state index contributed by atoms with van der Waals surface area (Å²) >= 11 is 0. The van der Waals surface area contributed by atoms with E-state index in [1.165, 1.54) is 24.3 Å². The van der Waals surface area contributed by atoms with Gasteiger partial charge in [0.2, 0.25) is 0 Å². The van der Waals surface area contributed by atoms with Gasteiger partial charge in [-0.3, -0.25) is 4.79 Å². The minimum atomic E-state index is -3.32. The Morgan fingerprint density at radius 3 is 2.19 bits per heavy atom. The third-order valence-electron chi connectivity index (χ3n) is 2.96. The van der Waals surface area contributed by atoms with E-state index in [0.29, 0.717) is 6.42 Å². The average molecular weight is 313 g/mol. The number of hydrogen-bond acceptors (Lipinski definition) is 4. The molecule has 0 bridgehead atoms. The van der Waals surface area contributed by atoms with Crippen molar-refractivity contribution in [1.82, 2.24) is 5.32 Å². The number of carbonyl (C=O) groups is 2. The molecule has 0 aliphatic heterocycles. The minimum absolute atomic E-state index is 0.0511. The van der Waals surface area contributed by atoms with Gasteiger partial charge in [0.1, 0.15) is 6.04 Å². The molecular formula is C14H19NO5S. The molecule has 2 N–H and O–H groups in total. The molecule has 1 amide bonds. The Morgan fingerprint density at radius 1 is 1.19 bits per heavy atom. The van der Waals surface area contributed by atoms with Crippen molar-refractivity contribution in [2.24, 2.45) is 0 Å². The molecule has 0 radical (unpaired) electrons. The van der Waals surface area contributed by atoms with Crippen molar-refractivity contribution >= 4 is 21.7 Å². The Hall–Kier alpha value is -1.89. The molecule has 0 aliphatic rings. The van der Waals surface area contributed by atoms with E-state index in [0.717, 1.165) is 0 Å². The van der Waals surface area contributed by atoms with Crippen LogP contribution in [0.4, 0.5) is 0 Å². The molecule has 7 heteroatoms. The fourth-order valence-electron chi connectivity index (χ4n) is 1.78. The van der Waals surface area contributed by atoms with Gasteiger partial charge in [-0.2, -0.15) is 0 Å². The number of carbonyl (C=O) groups excluding carboxylic acids is 1. The van der Waals surface area contributed by atoms with Crippen molar-refractivity contribution in [1.29, 1.82) is 0 Å². The van der Waals surface area contributed by atoms with Crippen LogP contribution in [-0.2, 0) is 14.6 Å². The van der Waals surface area contributed by atoms with Crippen LogP contribution in [0.3, 0.4) is 0 Å². The van der Waals surface area contributed by atoms with Crippen LogP contribution in [0.5, 0.6) is 0 Å². The first-order valence-electron chi connectivity index (χ1n) is 6.68. The van der Waals surface area contributed by atoms with Crippen LogP contribution in [0.2, 0.25) is 0 Å². The van der Waals surface area contributed by atoms with E-state index in [-0.39, 0.29) is 22.6 Å². The summed E-state index contributed by atoms with van der Waals surface area (Å²) in [7, 11) is -3.32. The van der Waals surface area contributed by atoms with E-state index >= 15 is 0 Å². The quantitative estimate of drug-likeness (QED) is 0.793. The number of sulfone groups is 1. The van der Waals surface area contributed by atoms with E-state index in [1.807, 2.05) is 0 Å². The van der Waals surface area contributed by atoms with Gasteiger partial charge < -0.3 is 10.4 Å². The van der Waals surface area contributed by atoms with Crippen molar-refractivity contribution in [3.05, 3.63) is 29.8 Å². The molecule has 0 aliphatic carbocycles. The van der Waals surface area contributed by atoms with Gasteiger partial charge >= 0.3 is 5.97 Å². The Balaban J connectivity index is 2.88. The Morgan fingerprint density at radius 2 is 1.76 bits per heavy atom. The monoisotopic (exact) mass is 313 g/mol. The van der Waals surface area contributed by atoms with Crippen molar-refractivity contribution < 1.29 is 23.1 Å². The largest absolute Gasteiger partial charge is 0.480 e. The molecule has 1 atom stereocenters. The topological polar surface area (TPSA) is 101 Å². The number of carboxylic acid groups (broad SMARTS) is 1.